The van der Waals surface area contributed by atoms with Gasteiger partial charge in [0.1, 0.15) is 18.5 Å². The lowest BCUT2D eigenvalue weighted by atomic mass is 9.86. The third-order valence-electron chi connectivity index (χ3n) is 5.25. The van der Waals surface area contributed by atoms with Crippen LogP contribution in [-0.2, 0) is 24.5 Å². The third kappa shape index (κ3) is 9.23. The second-order valence-electron chi connectivity index (χ2n) is 8.90. The van der Waals surface area contributed by atoms with Crippen molar-refractivity contribution < 1.29 is 39.2 Å². The number of rotatable bonds is 6. The number of carboxylic acids is 2. The van der Waals surface area contributed by atoms with Crippen molar-refractivity contribution in [1.29, 1.82) is 0 Å². The summed E-state index contributed by atoms with van der Waals surface area (Å²) in [5.74, 6) is -2.96. The summed E-state index contributed by atoms with van der Waals surface area (Å²) in [7, 11) is 1.44. The largest absolute Gasteiger partial charge is 0.491 e. The van der Waals surface area contributed by atoms with Crippen molar-refractivity contribution in [3.63, 3.8) is 0 Å². The van der Waals surface area contributed by atoms with Gasteiger partial charge in [-0.3, -0.25) is 4.79 Å². The summed E-state index contributed by atoms with van der Waals surface area (Å²) in [6, 6.07) is 6.23. The van der Waals surface area contributed by atoms with Crippen LogP contribution in [0.1, 0.15) is 44.7 Å². The van der Waals surface area contributed by atoms with E-state index in [4.69, 9.17) is 29.3 Å². The average Bonchev–Trinajstić information content (AvgIpc) is 2.72. The quantitative estimate of drug-likeness (QED) is 0.437. The second-order valence-corrected chi connectivity index (χ2v) is 8.90. The number of carboxylic acid groups (broad SMARTS) is 2. The molecule has 0 bridgehead atoms. The van der Waals surface area contributed by atoms with Gasteiger partial charge in [-0.05, 0) is 55.5 Å². The molecule has 1 heterocycles. The molecule has 1 fully saturated rings. The van der Waals surface area contributed by atoms with Crippen LogP contribution in [0.4, 0.5) is 0 Å². The minimum Gasteiger partial charge on any atom is -0.491 e. The van der Waals surface area contributed by atoms with Crippen molar-refractivity contribution in [3.05, 3.63) is 29.3 Å². The summed E-state index contributed by atoms with van der Waals surface area (Å²) in [5.41, 5.74) is 2.47. The van der Waals surface area contributed by atoms with Gasteiger partial charge in [0, 0.05) is 6.54 Å². The van der Waals surface area contributed by atoms with Crippen LogP contribution < -0.4 is 4.74 Å². The fourth-order valence-electron chi connectivity index (χ4n) is 3.33. The summed E-state index contributed by atoms with van der Waals surface area (Å²) < 4.78 is 10.6. The standard InChI is InChI=1S/C21H33NO4.C2H2O4/c1-15-12-17(21(2,3)4)6-7-19(15)26-14-18(23)13-22-10-8-16(9-11-22)20(24)25-5;3-1(4)2(5)6/h6-7,12,16,18,23H,8-11,13-14H2,1-5H3;(H,3,4)(H,5,6). The maximum atomic E-state index is 11.6. The number of aliphatic hydroxyl groups excluding tert-OH is 1. The summed E-state index contributed by atoms with van der Waals surface area (Å²) >= 11 is 0. The monoisotopic (exact) mass is 453 g/mol. The molecule has 1 aromatic carbocycles. The highest BCUT2D eigenvalue weighted by Gasteiger charge is 2.26. The third-order valence-corrected chi connectivity index (χ3v) is 5.25. The zero-order chi connectivity index (χ0) is 24.5. The van der Waals surface area contributed by atoms with Gasteiger partial charge in [-0.15, -0.1) is 0 Å². The Labute approximate surface area is 188 Å². The Balaban J connectivity index is 0.000000751. The number of piperidine rings is 1. The van der Waals surface area contributed by atoms with Gasteiger partial charge in [0.15, 0.2) is 0 Å². The number of nitrogens with zero attached hydrogens (tertiary/aromatic N) is 1. The maximum absolute atomic E-state index is 11.6. The Morgan fingerprint density at radius 1 is 1.12 bits per heavy atom. The van der Waals surface area contributed by atoms with E-state index in [1.54, 1.807) is 0 Å². The van der Waals surface area contributed by atoms with E-state index in [2.05, 4.69) is 37.8 Å². The van der Waals surface area contributed by atoms with Gasteiger partial charge in [0.2, 0.25) is 0 Å². The van der Waals surface area contributed by atoms with E-state index >= 15 is 0 Å². The van der Waals surface area contributed by atoms with Crippen LogP contribution in [0.25, 0.3) is 0 Å². The van der Waals surface area contributed by atoms with Crippen molar-refractivity contribution in [1.82, 2.24) is 4.90 Å². The number of aliphatic carboxylic acids is 2. The molecular formula is C23H35NO8. The fraction of sp³-hybridized carbons (Fsp3) is 0.609. The van der Waals surface area contributed by atoms with E-state index in [1.807, 2.05) is 13.0 Å². The van der Waals surface area contributed by atoms with E-state index in [-0.39, 0.29) is 23.9 Å². The summed E-state index contributed by atoms with van der Waals surface area (Å²) in [5, 5.41) is 25.1. The number of esters is 1. The Bertz CT molecular complexity index is 767. The number of hydrogen-bond acceptors (Lipinski definition) is 7. The highest BCUT2D eigenvalue weighted by atomic mass is 16.5. The van der Waals surface area contributed by atoms with E-state index in [9.17, 15) is 9.90 Å². The van der Waals surface area contributed by atoms with E-state index < -0.39 is 18.0 Å². The number of hydrogen-bond donors (Lipinski definition) is 3. The highest BCUT2D eigenvalue weighted by Crippen LogP contribution is 2.27. The highest BCUT2D eigenvalue weighted by molar-refractivity contribution is 6.27. The first kappa shape index (κ1) is 27.4. The van der Waals surface area contributed by atoms with Crippen LogP contribution in [0.5, 0.6) is 5.75 Å². The number of likely N-dealkylation sites (tertiary alicyclic amines) is 1. The number of ether oxygens (including phenoxy) is 2. The van der Waals surface area contributed by atoms with Crippen LogP contribution in [-0.4, -0.2) is 77.6 Å². The molecule has 1 atom stereocenters. The lowest BCUT2D eigenvalue weighted by Crippen LogP contribution is -2.42. The van der Waals surface area contributed by atoms with Gasteiger partial charge in [-0.1, -0.05) is 32.9 Å². The van der Waals surface area contributed by atoms with Crippen LogP contribution >= 0.6 is 0 Å². The van der Waals surface area contributed by atoms with Gasteiger partial charge < -0.3 is 29.7 Å². The number of aryl methyl sites for hydroxylation is 1. The molecular weight excluding hydrogens is 418 g/mol. The molecule has 2 rings (SSSR count). The predicted octanol–water partition coefficient (Wildman–Crippen LogP) is 2.07. The number of aliphatic hydroxyl groups is 1. The molecule has 1 aromatic rings. The molecule has 1 saturated heterocycles. The van der Waals surface area contributed by atoms with E-state index in [1.165, 1.54) is 12.7 Å². The lowest BCUT2D eigenvalue weighted by Gasteiger charge is -2.31. The minimum absolute atomic E-state index is 0.00590. The molecule has 1 aliphatic rings. The summed E-state index contributed by atoms with van der Waals surface area (Å²) in [6.07, 6.45) is 1.02. The predicted molar refractivity (Wildman–Crippen MR) is 118 cm³/mol. The number of methoxy groups -OCH3 is 1. The maximum Gasteiger partial charge on any atom is 0.414 e. The van der Waals surface area contributed by atoms with Crippen LogP contribution in [0.15, 0.2) is 18.2 Å². The summed E-state index contributed by atoms with van der Waals surface area (Å²) in [6.45, 7) is 11.0. The molecule has 0 amide bonds. The van der Waals surface area contributed by atoms with Gasteiger partial charge in [0.05, 0.1) is 13.0 Å². The molecule has 0 radical (unpaired) electrons. The Morgan fingerprint density at radius 2 is 1.69 bits per heavy atom. The van der Waals surface area contributed by atoms with Crippen molar-refractivity contribution in [3.8, 4) is 5.75 Å². The molecule has 180 valence electrons. The lowest BCUT2D eigenvalue weighted by molar-refractivity contribution is -0.159. The van der Waals surface area contributed by atoms with Crippen molar-refractivity contribution in [2.45, 2.75) is 52.1 Å². The zero-order valence-electron chi connectivity index (χ0n) is 19.5. The SMILES string of the molecule is COC(=O)C1CCN(CC(O)COc2ccc(C(C)(C)C)cc2C)CC1.O=C(O)C(=O)O. The molecule has 0 aliphatic carbocycles. The van der Waals surface area contributed by atoms with Crippen molar-refractivity contribution in [2.75, 3.05) is 33.4 Å². The van der Waals surface area contributed by atoms with Gasteiger partial charge in [-0.2, -0.15) is 0 Å². The molecule has 1 unspecified atom stereocenters. The van der Waals surface area contributed by atoms with Crippen molar-refractivity contribution >= 4 is 17.9 Å². The number of benzene rings is 1. The van der Waals surface area contributed by atoms with E-state index in [0.717, 1.165) is 37.2 Å². The van der Waals surface area contributed by atoms with Crippen LogP contribution in [0.3, 0.4) is 0 Å². The van der Waals surface area contributed by atoms with Gasteiger partial charge in [-0.25, -0.2) is 9.59 Å². The van der Waals surface area contributed by atoms with E-state index in [0.29, 0.717) is 6.54 Å². The Hall–Kier alpha value is -2.65. The normalized spacial score (nSPS) is 15.8. The van der Waals surface area contributed by atoms with Crippen LogP contribution in [0, 0.1) is 12.8 Å². The average molecular weight is 454 g/mol. The second kappa shape index (κ2) is 12.4. The fourth-order valence-corrected chi connectivity index (χ4v) is 3.33. The number of carbonyl (C=O) groups excluding carboxylic acids is 1. The first-order valence-electron chi connectivity index (χ1n) is 10.5. The number of β-amino-alcohol motifs (C(OH)–C–C–N with tert-alkyl or cyclic N) is 1. The first-order valence-corrected chi connectivity index (χ1v) is 10.5. The molecule has 32 heavy (non-hydrogen) atoms. The Morgan fingerprint density at radius 3 is 2.12 bits per heavy atom. The smallest absolute Gasteiger partial charge is 0.414 e. The summed E-state index contributed by atoms with van der Waals surface area (Å²) in [4.78, 5) is 31.9. The Kier molecular flexibility index (Phi) is 10.6. The molecule has 0 spiro atoms. The molecule has 1 aliphatic heterocycles. The number of carbonyl (C=O) groups is 3. The van der Waals surface area contributed by atoms with Gasteiger partial charge >= 0.3 is 17.9 Å². The van der Waals surface area contributed by atoms with Gasteiger partial charge in [0.25, 0.3) is 0 Å². The van der Waals surface area contributed by atoms with Crippen molar-refractivity contribution in [2.24, 2.45) is 5.92 Å². The topological polar surface area (TPSA) is 134 Å². The molecule has 0 saturated carbocycles. The molecule has 3 N–H and O–H groups in total. The first-order chi connectivity index (χ1) is 14.8. The molecule has 9 heteroatoms. The molecule has 9 nitrogen and oxygen atoms in total. The zero-order valence-corrected chi connectivity index (χ0v) is 19.5. The minimum atomic E-state index is -1.82. The molecule has 0 aromatic heterocycles. The van der Waals surface area contributed by atoms with Crippen LogP contribution in [0.2, 0.25) is 0 Å².